The van der Waals surface area contributed by atoms with Gasteiger partial charge >= 0.3 is 7.12 Å². The predicted molar refractivity (Wildman–Crippen MR) is 75.7 cm³/mol. The monoisotopic (exact) mass is 293 g/mol. The van der Waals surface area contributed by atoms with Gasteiger partial charge in [-0.3, -0.25) is 0 Å². The number of fused-ring (bicyclic) bond motifs is 1. The minimum absolute atomic E-state index is 0.304. The van der Waals surface area contributed by atoms with Crippen LogP contribution in [0, 0.1) is 0 Å². The van der Waals surface area contributed by atoms with Crippen LogP contribution in [0.3, 0.4) is 0 Å². The summed E-state index contributed by atoms with van der Waals surface area (Å²) in [5.74, 6) is 0. The molecule has 0 spiro atoms. The highest BCUT2D eigenvalue weighted by molar-refractivity contribution is 9.09. The van der Waals surface area contributed by atoms with Crippen LogP contribution in [0.15, 0.2) is 36.4 Å². The molecule has 0 aliphatic carbocycles. The average Bonchev–Trinajstić information content (AvgIpc) is 2.25. The molecular formula is C13H14BBrO2. The summed E-state index contributed by atoms with van der Waals surface area (Å²) in [6.45, 7) is 3.78. The van der Waals surface area contributed by atoms with Gasteiger partial charge < -0.3 is 10.0 Å². The van der Waals surface area contributed by atoms with Crippen molar-refractivity contribution in [1.29, 1.82) is 0 Å². The van der Waals surface area contributed by atoms with Gasteiger partial charge in [-0.25, -0.2) is 0 Å². The number of halogens is 1. The van der Waals surface area contributed by atoms with E-state index in [0.717, 1.165) is 10.8 Å². The number of rotatable bonds is 2. The number of alkyl halides is 1. The minimum Gasteiger partial charge on any atom is -0.423 e. The van der Waals surface area contributed by atoms with Crippen molar-refractivity contribution in [2.45, 2.75) is 18.2 Å². The van der Waals surface area contributed by atoms with Crippen molar-refractivity contribution < 1.29 is 11.4 Å². The Bertz CT molecular complexity index is 593. The molecule has 0 bridgehead atoms. The number of hydrogen-bond donors (Lipinski definition) is 2. The van der Waals surface area contributed by atoms with Gasteiger partial charge in [0.05, 0.1) is 1.37 Å². The highest BCUT2D eigenvalue weighted by Crippen LogP contribution is 2.30. The smallest absolute Gasteiger partial charge is 0.423 e. The quantitative estimate of drug-likeness (QED) is 0.658. The highest BCUT2D eigenvalue weighted by Gasteiger charge is 2.27. The Labute approximate surface area is 111 Å². The maximum absolute atomic E-state index is 9.64. The topological polar surface area (TPSA) is 40.5 Å². The molecule has 2 aromatic rings. The zero-order chi connectivity index (χ0) is 13.5. The molecule has 0 aliphatic rings. The van der Waals surface area contributed by atoms with Gasteiger partial charge in [-0.05, 0) is 35.6 Å². The largest absolute Gasteiger partial charge is 0.489 e. The molecule has 0 amide bonds. The van der Waals surface area contributed by atoms with Crippen molar-refractivity contribution >= 4 is 39.3 Å². The molecule has 0 saturated heterocycles. The maximum atomic E-state index is 9.64. The summed E-state index contributed by atoms with van der Waals surface area (Å²) in [4.78, 5) is 0. The predicted octanol–water partition coefficient (Wildman–Crippen LogP) is 2.15. The molecule has 0 atom stereocenters. The van der Waals surface area contributed by atoms with E-state index in [1.54, 1.807) is 6.07 Å². The number of benzene rings is 2. The molecule has 0 saturated carbocycles. The van der Waals surface area contributed by atoms with Crippen LogP contribution >= 0.6 is 15.9 Å². The standard InChI is InChI=1S/C13H14BBrO2/c1-13(2,15)11-8-7-9-5-3-4-6-10(9)12(11)14(16)17/h3-8,16-17H,1-2H3/i8D. The Morgan fingerprint density at radius 3 is 2.47 bits per heavy atom. The number of hydrogen-bond acceptors (Lipinski definition) is 2. The lowest BCUT2D eigenvalue weighted by atomic mass is 9.71. The van der Waals surface area contributed by atoms with Crippen molar-refractivity contribution in [3.63, 3.8) is 0 Å². The lowest BCUT2D eigenvalue weighted by Gasteiger charge is -2.22. The summed E-state index contributed by atoms with van der Waals surface area (Å²) in [6.07, 6.45) is 0. The molecule has 17 heavy (non-hydrogen) atoms. The molecule has 2 N–H and O–H groups in total. The lowest BCUT2D eigenvalue weighted by Crippen LogP contribution is -2.37. The average molecular weight is 294 g/mol. The molecule has 88 valence electrons. The van der Waals surface area contributed by atoms with Gasteiger partial charge in [-0.15, -0.1) is 0 Å². The summed E-state index contributed by atoms with van der Waals surface area (Å²) in [5.41, 5.74) is 1.01. The van der Waals surface area contributed by atoms with Crippen molar-refractivity contribution in [3.8, 4) is 0 Å². The van der Waals surface area contributed by atoms with Gasteiger partial charge in [0, 0.05) is 4.32 Å². The molecule has 2 rings (SSSR count). The first-order chi connectivity index (χ1) is 8.32. The molecule has 2 aromatic carbocycles. The third-order valence-corrected chi connectivity index (χ3v) is 3.14. The van der Waals surface area contributed by atoms with Crippen LogP contribution in [0.4, 0.5) is 0 Å². The molecule has 0 heterocycles. The lowest BCUT2D eigenvalue weighted by molar-refractivity contribution is 0.425. The summed E-state index contributed by atoms with van der Waals surface area (Å²) < 4.78 is 7.60. The van der Waals surface area contributed by atoms with Crippen LogP contribution in [0.5, 0.6) is 0 Å². The first-order valence-corrected chi connectivity index (χ1v) is 6.19. The Morgan fingerprint density at radius 1 is 1.24 bits per heavy atom. The van der Waals surface area contributed by atoms with E-state index in [4.69, 9.17) is 1.37 Å². The molecule has 0 aliphatic heterocycles. The first-order valence-electron chi connectivity index (χ1n) is 5.90. The van der Waals surface area contributed by atoms with E-state index in [9.17, 15) is 10.0 Å². The SMILES string of the molecule is [2H]c1cc2ccccc2c(B(O)O)c1C(C)(C)Br. The summed E-state index contributed by atoms with van der Waals surface area (Å²) in [5, 5.41) is 20.9. The molecule has 0 aromatic heterocycles. The third kappa shape index (κ3) is 2.39. The van der Waals surface area contributed by atoms with E-state index in [1.807, 2.05) is 38.1 Å². The van der Waals surface area contributed by atoms with Crippen molar-refractivity contribution in [2.24, 2.45) is 0 Å². The summed E-state index contributed by atoms with van der Waals surface area (Å²) in [6, 6.07) is 9.48. The summed E-state index contributed by atoms with van der Waals surface area (Å²) >= 11 is 3.50. The van der Waals surface area contributed by atoms with Crippen molar-refractivity contribution in [1.82, 2.24) is 0 Å². The van der Waals surface area contributed by atoms with Gasteiger partial charge in [-0.2, -0.15) is 0 Å². The van der Waals surface area contributed by atoms with Gasteiger partial charge in [-0.1, -0.05) is 52.3 Å². The third-order valence-electron chi connectivity index (χ3n) is 2.74. The normalized spacial score (nSPS) is 12.6. The van der Waals surface area contributed by atoms with E-state index in [0.29, 0.717) is 17.1 Å². The second-order valence-corrected chi connectivity index (χ2v) is 6.49. The fourth-order valence-electron chi connectivity index (χ4n) is 1.99. The molecule has 0 unspecified atom stereocenters. The second-order valence-electron chi connectivity index (χ2n) is 4.51. The van der Waals surface area contributed by atoms with Gasteiger partial charge in [0.2, 0.25) is 0 Å². The molecule has 0 radical (unpaired) electrons. The molecule has 0 fully saturated rings. The molecule has 4 heteroatoms. The van der Waals surface area contributed by atoms with Crippen LogP contribution in [0.25, 0.3) is 10.8 Å². The van der Waals surface area contributed by atoms with E-state index >= 15 is 0 Å². The second kappa shape index (κ2) is 4.44. The fraction of sp³-hybridized carbons (Fsp3) is 0.231. The van der Waals surface area contributed by atoms with Crippen LogP contribution in [-0.4, -0.2) is 17.2 Å². The van der Waals surface area contributed by atoms with Gasteiger partial charge in [0.25, 0.3) is 0 Å². The Morgan fingerprint density at radius 2 is 1.88 bits per heavy atom. The van der Waals surface area contributed by atoms with E-state index in [1.165, 1.54) is 0 Å². The van der Waals surface area contributed by atoms with E-state index in [2.05, 4.69) is 15.9 Å². The Balaban J connectivity index is 2.93. The Hall–Kier alpha value is -0.835. The highest BCUT2D eigenvalue weighted by atomic mass is 79.9. The summed E-state index contributed by atoms with van der Waals surface area (Å²) in [7, 11) is -1.59. The van der Waals surface area contributed by atoms with Crippen LogP contribution in [0.1, 0.15) is 20.8 Å². The van der Waals surface area contributed by atoms with E-state index in [-0.39, 0.29) is 0 Å². The zero-order valence-corrected chi connectivity index (χ0v) is 11.3. The van der Waals surface area contributed by atoms with Gasteiger partial charge in [0.15, 0.2) is 0 Å². The van der Waals surface area contributed by atoms with E-state index < -0.39 is 11.4 Å². The Kier molecular flexibility index (Phi) is 2.95. The van der Waals surface area contributed by atoms with Crippen LogP contribution in [0.2, 0.25) is 0 Å². The minimum atomic E-state index is -1.59. The van der Waals surface area contributed by atoms with Crippen molar-refractivity contribution in [3.05, 3.63) is 41.9 Å². The maximum Gasteiger partial charge on any atom is 0.489 e. The van der Waals surface area contributed by atoms with Crippen LogP contribution in [-0.2, 0) is 4.32 Å². The zero-order valence-electron chi connectivity index (χ0n) is 10.7. The molecular weight excluding hydrogens is 279 g/mol. The van der Waals surface area contributed by atoms with Crippen molar-refractivity contribution in [2.75, 3.05) is 0 Å². The molecule has 2 nitrogen and oxygen atoms in total. The fourth-order valence-corrected chi connectivity index (χ4v) is 2.32. The van der Waals surface area contributed by atoms with Gasteiger partial charge in [0.1, 0.15) is 0 Å². The van der Waals surface area contributed by atoms with Crippen LogP contribution < -0.4 is 5.46 Å². The first kappa shape index (κ1) is 11.3.